The Balaban J connectivity index is 2.15. The molecule has 0 spiro atoms. The zero-order valence-electron chi connectivity index (χ0n) is 11.1. The van der Waals surface area contributed by atoms with E-state index < -0.39 is 5.54 Å². The first-order chi connectivity index (χ1) is 8.91. The van der Waals surface area contributed by atoms with Gasteiger partial charge in [-0.2, -0.15) is 0 Å². The monoisotopic (exact) mass is 280 g/mol. The van der Waals surface area contributed by atoms with Crippen molar-refractivity contribution in [1.29, 1.82) is 0 Å². The van der Waals surface area contributed by atoms with Gasteiger partial charge < -0.3 is 14.8 Å². The van der Waals surface area contributed by atoms with Crippen molar-refractivity contribution >= 4 is 17.2 Å². The summed E-state index contributed by atoms with van der Waals surface area (Å²) in [6.07, 6.45) is 0. The lowest BCUT2D eigenvalue weighted by atomic mass is 10.1. The van der Waals surface area contributed by atoms with E-state index in [1.807, 2.05) is 19.1 Å². The number of aromatic nitrogens is 1. The summed E-state index contributed by atoms with van der Waals surface area (Å²) in [5.74, 6) is 1.16. The summed E-state index contributed by atoms with van der Waals surface area (Å²) in [5.41, 5.74) is -0.335. The highest BCUT2D eigenvalue weighted by Crippen LogP contribution is 2.25. The summed E-state index contributed by atoms with van der Waals surface area (Å²) in [6.45, 7) is 5.21. The van der Waals surface area contributed by atoms with Gasteiger partial charge in [0, 0.05) is 5.38 Å². The van der Waals surface area contributed by atoms with E-state index in [0.29, 0.717) is 16.5 Å². The molecule has 0 saturated heterocycles. The number of aliphatic hydroxyl groups is 1. The molecule has 0 radical (unpaired) electrons. The van der Waals surface area contributed by atoms with E-state index in [9.17, 15) is 4.79 Å². The Hall–Kier alpha value is -1.66. The summed E-state index contributed by atoms with van der Waals surface area (Å²) >= 11 is 1.35. The molecule has 5 nitrogen and oxygen atoms in total. The van der Waals surface area contributed by atoms with Crippen molar-refractivity contribution in [2.75, 3.05) is 6.61 Å². The van der Waals surface area contributed by atoms with E-state index in [-0.39, 0.29) is 12.5 Å². The number of hydrogen-bond donors (Lipinski definition) is 2. The fraction of sp³-hybridized carbons (Fsp3) is 0.385. The average molecular weight is 280 g/mol. The zero-order chi connectivity index (χ0) is 14.0. The SMILES string of the molecule is Cc1ccc(-c2nc(C(=O)NC(C)(C)CO)cs2)o1. The maximum absolute atomic E-state index is 12.0. The van der Waals surface area contributed by atoms with Crippen molar-refractivity contribution in [1.82, 2.24) is 10.3 Å². The average Bonchev–Trinajstić information content (AvgIpc) is 2.96. The Bertz CT molecular complexity index is 586. The van der Waals surface area contributed by atoms with Crippen LogP contribution < -0.4 is 5.32 Å². The number of aliphatic hydroxyl groups excluding tert-OH is 1. The molecule has 0 atom stereocenters. The Morgan fingerprint density at radius 2 is 2.26 bits per heavy atom. The van der Waals surface area contributed by atoms with Crippen molar-refractivity contribution < 1.29 is 14.3 Å². The second-order valence-corrected chi connectivity index (χ2v) is 5.80. The van der Waals surface area contributed by atoms with Crippen LogP contribution in [0.5, 0.6) is 0 Å². The van der Waals surface area contributed by atoms with Gasteiger partial charge in [0.1, 0.15) is 11.5 Å². The van der Waals surface area contributed by atoms with Crippen molar-refractivity contribution in [2.45, 2.75) is 26.3 Å². The molecule has 0 aromatic carbocycles. The molecule has 1 amide bonds. The van der Waals surface area contributed by atoms with Crippen LogP contribution in [0.15, 0.2) is 21.9 Å². The Kier molecular flexibility index (Phi) is 3.73. The molecule has 102 valence electrons. The molecule has 0 bridgehead atoms. The second-order valence-electron chi connectivity index (χ2n) is 4.94. The van der Waals surface area contributed by atoms with Gasteiger partial charge in [-0.05, 0) is 32.9 Å². The predicted molar refractivity (Wildman–Crippen MR) is 73.2 cm³/mol. The molecule has 6 heteroatoms. The van der Waals surface area contributed by atoms with Gasteiger partial charge in [-0.25, -0.2) is 4.98 Å². The maximum atomic E-state index is 12.0. The molecular formula is C13H16N2O3S. The lowest BCUT2D eigenvalue weighted by molar-refractivity contribution is 0.0865. The predicted octanol–water partition coefficient (Wildman–Crippen LogP) is 2.21. The molecule has 2 heterocycles. The number of nitrogens with one attached hydrogen (secondary N) is 1. The Labute approximate surface area is 115 Å². The quantitative estimate of drug-likeness (QED) is 0.900. The van der Waals surface area contributed by atoms with Crippen molar-refractivity contribution in [3.8, 4) is 10.8 Å². The second kappa shape index (κ2) is 5.14. The molecule has 2 N–H and O–H groups in total. The zero-order valence-corrected chi connectivity index (χ0v) is 11.9. The van der Waals surface area contributed by atoms with Crippen molar-refractivity contribution in [2.24, 2.45) is 0 Å². The van der Waals surface area contributed by atoms with Gasteiger partial charge in [0.05, 0.1) is 12.1 Å². The summed E-state index contributed by atoms with van der Waals surface area (Å²) in [7, 11) is 0. The topological polar surface area (TPSA) is 75.4 Å². The van der Waals surface area contributed by atoms with Crippen LogP contribution in [-0.4, -0.2) is 28.1 Å². The van der Waals surface area contributed by atoms with Crippen LogP contribution in [0.25, 0.3) is 10.8 Å². The molecule has 2 rings (SSSR count). The van der Waals surface area contributed by atoms with Crippen LogP contribution in [0.4, 0.5) is 0 Å². The first-order valence-electron chi connectivity index (χ1n) is 5.87. The number of hydrogen-bond acceptors (Lipinski definition) is 5. The van der Waals surface area contributed by atoms with E-state index in [1.165, 1.54) is 11.3 Å². The molecule has 0 saturated carbocycles. The molecule has 0 aliphatic carbocycles. The third kappa shape index (κ3) is 3.21. The first-order valence-corrected chi connectivity index (χ1v) is 6.75. The molecule has 0 aliphatic rings. The molecule has 2 aromatic rings. The number of carbonyl (C=O) groups excluding carboxylic acids is 1. The van der Waals surface area contributed by atoms with Crippen LogP contribution >= 0.6 is 11.3 Å². The number of nitrogens with zero attached hydrogens (tertiary/aromatic N) is 1. The highest BCUT2D eigenvalue weighted by molar-refractivity contribution is 7.13. The summed E-state index contributed by atoms with van der Waals surface area (Å²) in [5, 5.41) is 14.2. The molecule has 0 fully saturated rings. The van der Waals surface area contributed by atoms with Crippen LogP contribution in [0.2, 0.25) is 0 Å². The van der Waals surface area contributed by atoms with E-state index >= 15 is 0 Å². The van der Waals surface area contributed by atoms with Gasteiger partial charge in [-0.3, -0.25) is 4.79 Å². The van der Waals surface area contributed by atoms with Crippen LogP contribution in [0.3, 0.4) is 0 Å². The van der Waals surface area contributed by atoms with Crippen LogP contribution in [-0.2, 0) is 0 Å². The third-order valence-electron chi connectivity index (χ3n) is 2.54. The smallest absolute Gasteiger partial charge is 0.271 e. The molecule has 0 unspecified atom stereocenters. The molecule has 19 heavy (non-hydrogen) atoms. The van der Waals surface area contributed by atoms with E-state index in [1.54, 1.807) is 19.2 Å². The standard InChI is InChI=1S/C13H16N2O3S/c1-8-4-5-10(18-8)12-14-9(6-19-12)11(17)15-13(2,3)7-16/h4-6,16H,7H2,1-3H3,(H,15,17). The van der Waals surface area contributed by atoms with Gasteiger partial charge in [0.2, 0.25) is 0 Å². The van der Waals surface area contributed by atoms with Crippen molar-refractivity contribution in [3.05, 3.63) is 29.0 Å². The molecular weight excluding hydrogens is 264 g/mol. The van der Waals surface area contributed by atoms with Crippen LogP contribution in [0, 0.1) is 6.92 Å². The van der Waals surface area contributed by atoms with Crippen LogP contribution in [0.1, 0.15) is 30.1 Å². The van der Waals surface area contributed by atoms with Crippen molar-refractivity contribution in [3.63, 3.8) is 0 Å². The fourth-order valence-corrected chi connectivity index (χ4v) is 2.21. The fourth-order valence-electron chi connectivity index (χ4n) is 1.45. The number of carbonyl (C=O) groups is 1. The minimum atomic E-state index is -0.665. The largest absolute Gasteiger partial charge is 0.459 e. The number of rotatable bonds is 4. The number of furan rings is 1. The van der Waals surface area contributed by atoms with Gasteiger partial charge in [0.15, 0.2) is 10.8 Å². The Morgan fingerprint density at radius 3 is 2.84 bits per heavy atom. The van der Waals surface area contributed by atoms with E-state index in [0.717, 1.165) is 5.76 Å². The highest BCUT2D eigenvalue weighted by Gasteiger charge is 2.22. The maximum Gasteiger partial charge on any atom is 0.271 e. The van der Waals surface area contributed by atoms with Gasteiger partial charge in [-0.15, -0.1) is 11.3 Å². The minimum Gasteiger partial charge on any atom is -0.459 e. The number of amides is 1. The van der Waals surface area contributed by atoms with E-state index in [4.69, 9.17) is 9.52 Å². The lowest BCUT2D eigenvalue weighted by Crippen LogP contribution is -2.46. The highest BCUT2D eigenvalue weighted by atomic mass is 32.1. The number of aryl methyl sites for hydroxylation is 1. The normalized spacial score (nSPS) is 11.6. The summed E-state index contributed by atoms with van der Waals surface area (Å²) in [6, 6.07) is 3.68. The number of thiazole rings is 1. The van der Waals surface area contributed by atoms with E-state index in [2.05, 4.69) is 10.3 Å². The van der Waals surface area contributed by atoms with Gasteiger partial charge in [0.25, 0.3) is 5.91 Å². The lowest BCUT2D eigenvalue weighted by Gasteiger charge is -2.22. The summed E-state index contributed by atoms with van der Waals surface area (Å²) in [4.78, 5) is 16.2. The Morgan fingerprint density at radius 1 is 1.53 bits per heavy atom. The first kappa shape index (κ1) is 13.8. The van der Waals surface area contributed by atoms with Gasteiger partial charge in [-0.1, -0.05) is 0 Å². The minimum absolute atomic E-state index is 0.132. The molecule has 2 aromatic heterocycles. The summed E-state index contributed by atoms with van der Waals surface area (Å²) < 4.78 is 5.46. The van der Waals surface area contributed by atoms with Gasteiger partial charge >= 0.3 is 0 Å². The third-order valence-corrected chi connectivity index (χ3v) is 3.39. The molecule has 0 aliphatic heterocycles.